The topological polar surface area (TPSA) is 104 Å². The van der Waals surface area contributed by atoms with Crippen molar-refractivity contribution in [3.63, 3.8) is 0 Å². The second-order valence-corrected chi connectivity index (χ2v) is 3.24. The molecule has 1 aromatic carbocycles. The standard InChI is InChI=1S/C7H4BrN2O4.Ac/c8-3-1-2-4(9)6(10(13)14)5(3)7(11)12;/h1-2,9H,(H,11,12);/q-1;. The molecular formula is C7H4AcBrN2O4-. The van der Waals surface area contributed by atoms with E-state index in [2.05, 4.69) is 15.9 Å². The van der Waals surface area contributed by atoms with E-state index in [0.29, 0.717) is 0 Å². The number of rotatable bonds is 2. The molecule has 0 aliphatic rings. The molecule has 0 saturated carbocycles. The van der Waals surface area contributed by atoms with Gasteiger partial charge < -0.3 is 10.8 Å². The number of benzene rings is 1. The molecule has 0 saturated heterocycles. The number of halogens is 1. The van der Waals surface area contributed by atoms with E-state index in [-0.39, 0.29) is 48.5 Å². The minimum absolute atomic E-state index is 0. The Kier molecular flexibility index (Phi) is 5.70. The Balaban J connectivity index is 0.00000196. The first-order valence-corrected chi connectivity index (χ1v) is 4.16. The van der Waals surface area contributed by atoms with Crippen LogP contribution in [0.2, 0.25) is 0 Å². The number of nitrogens with zero attached hydrogens (tertiary/aromatic N) is 1. The molecule has 8 heteroatoms. The third-order valence-corrected chi connectivity index (χ3v) is 2.18. The van der Waals surface area contributed by atoms with Crippen LogP contribution in [0.15, 0.2) is 16.6 Å². The third kappa shape index (κ3) is 3.13. The van der Waals surface area contributed by atoms with E-state index in [0.717, 1.165) is 6.07 Å². The summed E-state index contributed by atoms with van der Waals surface area (Å²) in [5, 5.41) is 19.2. The van der Waals surface area contributed by atoms with E-state index in [1.54, 1.807) is 0 Å². The van der Waals surface area contributed by atoms with Gasteiger partial charge in [-0.1, -0.05) is 11.8 Å². The largest absolute Gasteiger partial charge is 0.693 e. The minimum atomic E-state index is -1.43. The quantitative estimate of drug-likeness (QED) is 0.512. The van der Waals surface area contributed by atoms with Gasteiger partial charge in [0.1, 0.15) is 5.56 Å². The average molecular weight is 487 g/mol. The summed E-state index contributed by atoms with van der Waals surface area (Å²) < 4.78 is 0.0905. The van der Waals surface area contributed by atoms with Gasteiger partial charge in [-0.25, -0.2) is 4.79 Å². The zero-order valence-corrected chi connectivity index (χ0v) is 13.6. The molecule has 15 heavy (non-hydrogen) atoms. The smallest absolute Gasteiger partial charge is 0.343 e. The van der Waals surface area contributed by atoms with Gasteiger partial charge in [-0.05, 0) is 22.0 Å². The van der Waals surface area contributed by atoms with Crippen LogP contribution in [0.3, 0.4) is 0 Å². The summed E-state index contributed by atoms with van der Waals surface area (Å²) in [6, 6.07) is 2.45. The van der Waals surface area contributed by atoms with E-state index < -0.39 is 27.8 Å². The summed E-state index contributed by atoms with van der Waals surface area (Å²) in [7, 11) is 0. The van der Waals surface area contributed by atoms with E-state index in [9.17, 15) is 14.9 Å². The molecule has 0 unspecified atom stereocenters. The maximum atomic E-state index is 10.7. The predicted molar refractivity (Wildman–Crippen MR) is 51.7 cm³/mol. The number of nitro groups is 1. The van der Waals surface area contributed by atoms with Crippen molar-refractivity contribution in [3.05, 3.63) is 38.0 Å². The zero-order chi connectivity index (χ0) is 10.9. The molecule has 0 amide bonds. The number of carbonyl (C=O) groups is 1. The zero-order valence-electron chi connectivity index (χ0n) is 7.23. The molecule has 1 radical (unpaired) electrons. The first-order chi connectivity index (χ1) is 6.45. The summed E-state index contributed by atoms with van der Waals surface area (Å²) in [5.74, 6) is -1.43. The number of carboxylic acid groups (broad SMARTS) is 1. The van der Waals surface area contributed by atoms with Gasteiger partial charge in [0.2, 0.25) is 0 Å². The van der Waals surface area contributed by atoms with Crippen LogP contribution in [0.5, 0.6) is 0 Å². The molecule has 6 nitrogen and oxygen atoms in total. The second kappa shape index (κ2) is 5.78. The molecule has 0 aliphatic heterocycles. The summed E-state index contributed by atoms with van der Waals surface area (Å²) in [6.45, 7) is 0. The van der Waals surface area contributed by atoms with E-state index in [1.807, 2.05) is 0 Å². The first kappa shape index (κ1) is 14.8. The molecule has 1 rings (SSSR count). The summed E-state index contributed by atoms with van der Waals surface area (Å²) in [6.07, 6.45) is 0. The van der Waals surface area contributed by atoms with Crippen molar-refractivity contribution in [2.24, 2.45) is 0 Å². The number of aromatic carboxylic acids is 1. The first-order valence-electron chi connectivity index (χ1n) is 3.37. The van der Waals surface area contributed by atoms with Gasteiger partial charge in [-0.2, -0.15) is 0 Å². The second-order valence-electron chi connectivity index (χ2n) is 2.38. The monoisotopic (exact) mass is 486 g/mol. The van der Waals surface area contributed by atoms with Crippen LogP contribution in [0.1, 0.15) is 10.4 Å². The van der Waals surface area contributed by atoms with Gasteiger partial charge in [-0.3, -0.25) is 10.1 Å². The summed E-state index contributed by atoms with van der Waals surface area (Å²) in [5.41, 5.74) is 5.59. The number of hydrogen-bond donors (Lipinski definition) is 1. The van der Waals surface area contributed by atoms with Crippen molar-refractivity contribution < 1.29 is 58.9 Å². The molecule has 0 spiro atoms. The summed E-state index contributed by atoms with van der Waals surface area (Å²) >= 11 is 2.88. The van der Waals surface area contributed by atoms with Crippen molar-refractivity contribution in [1.29, 1.82) is 0 Å². The molecule has 0 fully saturated rings. The molecule has 0 atom stereocenters. The van der Waals surface area contributed by atoms with Gasteiger partial charge in [0.15, 0.2) is 0 Å². The molecule has 1 aromatic rings. The molecule has 0 aromatic heterocycles. The van der Waals surface area contributed by atoms with Crippen molar-refractivity contribution in [1.82, 2.24) is 0 Å². The van der Waals surface area contributed by atoms with Gasteiger partial charge in [0.05, 0.1) is 4.92 Å². The summed E-state index contributed by atoms with van der Waals surface area (Å²) in [4.78, 5) is 20.3. The number of nitrogens with one attached hydrogen (secondary N) is 1. The Morgan fingerprint density at radius 3 is 2.40 bits per heavy atom. The van der Waals surface area contributed by atoms with Crippen molar-refractivity contribution >= 4 is 33.3 Å². The average Bonchev–Trinajstić information content (AvgIpc) is 2.07. The van der Waals surface area contributed by atoms with Crippen molar-refractivity contribution in [3.8, 4) is 0 Å². The van der Waals surface area contributed by atoms with Gasteiger partial charge in [0, 0.05) is 48.5 Å². The SMILES string of the molecule is [Ac].[NH-]c1ccc(Br)c(C(=O)O)c1[N+](=O)[O-]. The van der Waals surface area contributed by atoms with Crippen LogP contribution >= 0.6 is 15.9 Å². The van der Waals surface area contributed by atoms with E-state index >= 15 is 0 Å². The van der Waals surface area contributed by atoms with Crippen LogP contribution in [-0.2, 0) is 0 Å². The van der Waals surface area contributed by atoms with Crippen molar-refractivity contribution in [2.75, 3.05) is 0 Å². The Bertz CT molecular complexity index is 385. The Morgan fingerprint density at radius 2 is 2.07 bits per heavy atom. The van der Waals surface area contributed by atoms with Crippen LogP contribution in [-0.4, -0.2) is 16.0 Å². The Labute approximate surface area is 129 Å². The van der Waals surface area contributed by atoms with Crippen LogP contribution in [0.25, 0.3) is 5.73 Å². The molecule has 0 heterocycles. The van der Waals surface area contributed by atoms with Gasteiger partial charge in [0.25, 0.3) is 5.69 Å². The van der Waals surface area contributed by atoms with Gasteiger partial charge in [-0.15, -0.1) is 0 Å². The predicted octanol–water partition coefficient (Wildman–Crippen LogP) is 2.74. The maximum absolute atomic E-state index is 10.7. The Morgan fingerprint density at radius 1 is 1.53 bits per heavy atom. The van der Waals surface area contributed by atoms with Crippen molar-refractivity contribution in [2.45, 2.75) is 0 Å². The van der Waals surface area contributed by atoms with E-state index in [4.69, 9.17) is 10.8 Å². The van der Waals surface area contributed by atoms with E-state index in [1.165, 1.54) is 6.07 Å². The molecular weight excluding hydrogens is 483 g/mol. The minimum Gasteiger partial charge on any atom is -0.693 e. The maximum Gasteiger partial charge on any atom is 0.343 e. The fraction of sp³-hybridized carbons (Fsp3) is 0. The van der Waals surface area contributed by atoms with Gasteiger partial charge >= 0.3 is 5.97 Å². The number of nitro benzene ring substituents is 1. The Hall–Kier alpha value is -0.188. The number of hydrogen-bond acceptors (Lipinski definition) is 3. The third-order valence-electron chi connectivity index (χ3n) is 1.52. The van der Waals surface area contributed by atoms with Crippen LogP contribution in [0.4, 0.5) is 11.4 Å². The molecule has 77 valence electrons. The fourth-order valence-corrected chi connectivity index (χ4v) is 1.45. The normalized spacial score (nSPS) is 9.13. The molecule has 0 aliphatic carbocycles. The van der Waals surface area contributed by atoms with Crippen LogP contribution in [0, 0.1) is 54.2 Å². The van der Waals surface area contributed by atoms with Crippen LogP contribution < -0.4 is 0 Å². The fourth-order valence-electron chi connectivity index (χ4n) is 0.960. The molecule has 0 bridgehead atoms. The molecule has 2 N–H and O–H groups in total. The number of carboxylic acids is 1.